The molecule has 0 fully saturated rings. The van der Waals surface area contributed by atoms with Crippen LogP contribution in [0.3, 0.4) is 0 Å². The van der Waals surface area contributed by atoms with Crippen LogP contribution in [0.15, 0.2) is 155 Å². The highest BCUT2D eigenvalue weighted by molar-refractivity contribution is 7.99. The predicted octanol–water partition coefficient (Wildman–Crippen LogP) is 9.06. The van der Waals surface area contributed by atoms with Gasteiger partial charge < -0.3 is 4.90 Å². The van der Waals surface area contributed by atoms with E-state index >= 15 is 0 Å². The third-order valence-corrected chi connectivity index (χ3v) is 10.1. The Labute approximate surface area is 259 Å². The van der Waals surface area contributed by atoms with Gasteiger partial charge in [-0.05, 0) is 64.7 Å². The number of carbonyl (C=O) groups excluding carboxylic acids is 2. The summed E-state index contributed by atoms with van der Waals surface area (Å²) >= 11 is 1.75. The van der Waals surface area contributed by atoms with Crippen molar-refractivity contribution in [2.75, 3.05) is 9.80 Å². The summed E-state index contributed by atoms with van der Waals surface area (Å²) in [4.78, 5) is 34.6. The van der Waals surface area contributed by atoms with Gasteiger partial charge in [0.15, 0.2) is 0 Å². The van der Waals surface area contributed by atoms with E-state index in [1.54, 1.807) is 17.8 Å². The second kappa shape index (κ2) is 9.30. The summed E-state index contributed by atoms with van der Waals surface area (Å²) in [6.45, 7) is 0. The van der Waals surface area contributed by atoms with Gasteiger partial charge in [0, 0.05) is 15.4 Å². The van der Waals surface area contributed by atoms with Crippen molar-refractivity contribution in [1.82, 2.24) is 0 Å². The lowest BCUT2D eigenvalue weighted by molar-refractivity contribution is 0.0925. The van der Waals surface area contributed by atoms with Gasteiger partial charge in [0.25, 0.3) is 11.8 Å². The average molecular weight is 585 g/mol. The molecule has 0 N–H and O–H groups in total. The normalized spacial score (nSPS) is 15.4. The van der Waals surface area contributed by atoms with E-state index in [1.165, 1.54) is 4.90 Å². The molecule has 2 heterocycles. The van der Waals surface area contributed by atoms with Gasteiger partial charge in [-0.15, -0.1) is 0 Å². The zero-order chi connectivity index (χ0) is 29.4. The van der Waals surface area contributed by atoms with Gasteiger partial charge in [-0.1, -0.05) is 115 Å². The lowest BCUT2D eigenvalue weighted by Gasteiger charge is -2.48. The fourth-order valence-electron chi connectivity index (χ4n) is 7.33. The molecule has 4 nitrogen and oxygen atoms in total. The first-order valence-corrected chi connectivity index (χ1v) is 15.4. The van der Waals surface area contributed by atoms with Crippen LogP contribution in [0.5, 0.6) is 0 Å². The summed E-state index contributed by atoms with van der Waals surface area (Å²) in [6.07, 6.45) is 0. The van der Waals surface area contributed by atoms with Crippen molar-refractivity contribution in [1.29, 1.82) is 0 Å². The molecule has 0 saturated carbocycles. The lowest BCUT2D eigenvalue weighted by atomic mass is 9.75. The maximum absolute atomic E-state index is 14.6. The standard InChI is InChI=1S/C39H24N2O2S/c42-37-28-17-12-20-31(36(28)38(43)40(37)25-13-2-1-3-14-25)39(29-18-6-4-15-26(29)27-16-5-7-19-30(27)39)41-32-21-8-10-23-34(32)44-35-24-11-9-22-33(35)41/h1-24H. The number of para-hydroxylation sites is 3. The third kappa shape index (κ3) is 3.19. The number of hydrogen-bond donors (Lipinski definition) is 0. The highest BCUT2D eigenvalue weighted by atomic mass is 32.2. The third-order valence-electron chi connectivity index (χ3n) is 9.01. The van der Waals surface area contributed by atoms with Crippen molar-refractivity contribution in [2.24, 2.45) is 0 Å². The minimum absolute atomic E-state index is 0.303. The molecular weight excluding hydrogens is 561 g/mol. The Hall–Kier alpha value is -5.39. The van der Waals surface area contributed by atoms with Crippen LogP contribution in [-0.4, -0.2) is 11.8 Å². The highest BCUT2D eigenvalue weighted by Gasteiger charge is 2.55. The number of nitrogens with zero attached hydrogens (tertiary/aromatic N) is 2. The summed E-state index contributed by atoms with van der Waals surface area (Å²) in [5.74, 6) is -0.608. The molecule has 5 heteroatoms. The number of imide groups is 1. The Morgan fingerprint density at radius 2 is 0.955 bits per heavy atom. The molecule has 0 bridgehead atoms. The van der Waals surface area contributed by atoms with Gasteiger partial charge in [0.2, 0.25) is 0 Å². The van der Waals surface area contributed by atoms with E-state index in [9.17, 15) is 9.59 Å². The van der Waals surface area contributed by atoms with Crippen LogP contribution in [0.1, 0.15) is 37.4 Å². The van der Waals surface area contributed by atoms with Gasteiger partial charge >= 0.3 is 0 Å². The molecule has 6 aromatic carbocycles. The monoisotopic (exact) mass is 584 g/mol. The first-order valence-electron chi connectivity index (χ1n) is 14.6. The van der Waals surface area contributed by atoms with Crippen LogP contribution in [0.25, 0.3) is 11.1 Å². The summed E-state index contributed by atoms with van der Waals surface area (Å²) in [7, 11) is 0. The van der Waals surface area contributed by atoms with Crippen molar-refractivity contribution in [3.05, 3.63) is 173 Å². The van der Waals surface area contributed by atoms with Crippen molar-refractivity contribution in [3.63, 3.8) is 0 Å². The fourth-order valence-corrected chi connectivity index (χ4v) is 8.39. The zero-order valence-electron chi connectivity index (χ0n) is 23.5. The molecule has 6 aromatic rings. The SMILES string of the molecule is O=C1c2cccc(C3(N4c5ccccc5Sc5ccccc54)c4ccccc4-c4ccccc43)c2C(=O)N1c1ccccc1. The molecular formula is C39H24N2O2S. The van der Waals surface area contributed by atoms with E-state index in [0.29, 0.717) is 16.8 Å². The Kier molecular flexibility index (Phi) is 5.32. The predicted molar refractivity (Wildman–Crippen MR) is 175 cm³/mol. The molecule has 1 aliphatic carbocycles. The minimum Gasteiger partial charge on any atom is -0.321 e. The van der Waals surface area contributed by atoms with Crippen LogP contribution in [0.2, 0.25) is 0 Å². The van der Waals surface area contributed by atoms with E-state index in [-0.39, 0.29) is 11.8 Å². The second-order valence-electron chi connectivity index (χ2n) is 11.2. The van der Waals surface area contributed by atoms with Gasteiger partial charge in [0.05, 0.1) is 28.2 Å². The molecule has 0 unspecified atom stereocenters. The van der Waals surface area contributed by atoms with E-state index < -0.39 is 5.54 Å². The molecule has 0 aromatic heterocycles. The van der Waals surface area contributed by atoms with Crippen molar-refractivity contribution in [2.45, 2.75) is 15.3 Å². The second-order valence-corrected chi connectivity index (χ2v) is 12.3. The summed E-state index contributed by atoms with van der Waals surface area (Å²) in [6, 6.07) is 48.9. The van der Waals surface area contributed by atoms with Crippen LogP contribution >= 0.6 is 11.8 Å². The average Bonchev–Trinajstić information content (AvgIpc) is 3.52. The smallest absolute Gasteiger partial charge is 0.266 e. The molecule has 44 heavy (non-hydrogen) atoms. The van der Waals surface area contributed by atoms with Gasteiger partial charge in [0.1, 0.15) is 5.54 Å². The molecule has 3 aliphatic rings. The Morgan fingerprint density at radius 3 is 1.59 bits per heavy atom. The van der Waals surface area contributed by atoms with Gasteiger partial charge in [-0.3, -0.25) is 9.59 Å². The largest absolute Gasteiger partial charge is 0.321 e. The summed E-state index contributed by atoms with van der Waals surface area (Å²) in [5, 5.41) is 0. The highest BCUT2D eigenvalue weighted by Crippen LogP contribution is 2.62. The summed E-state index contributed by atoms with van der Waals surface area (Å²) in [5.41, 5.74) is 7.76. The Balaban J connectivity index is 1.44. The van der Waals surface area contributed by atoms with E-state index in [0.717, 1.165) is 49.0 Å². The Bertz CT molecular complexity index is 2080. The number of hydrogen-bond acceptors (Lipinski definition) is 4. The zero-order valence-corrected chi connectivity index (χ0v) is 24.3. The van der Waals surface area contributed by atoms with Crippen LogP contribution in [0, 0.1) is 0 Å². The Morgan fingerprint density at radius 1 is 0.455 bits per heavy atom. The minimum atomic E-state index is -0.950. The molecule has 208 valence electrons. The number of carbonyl (C=O) groups is 2. The first kappa shape index (κ1) is 25.1. The molecule has 0 atom stereocenters. The maximum atomic E-state index is 14.6. The number of benzene rings is 6. The van der Waals surface area contributed by atoms with Crippen LogP contribution in [0.4, 0.5) is 17.1 Å². The first-order chi connectivity index (χ1) is 21.7. The van der Waals surface area contributed by atoms with E-state index in [2.05, 4.69) is 102 Å². The van der Waals surface area contributed by atoms with E-state index in [4.69, 9.17) is 0 Å². The topological polar surface area (TPSA) is 40.6 Å². The molecule has 0 saturated heterocycles. The van der Waals surface area contributed by atoms with Crippen LogP contribution in [-0.2, 0) is 5.54 Å². The molecule has 9 rings (SSSR count). The fraction of sp³-hybridized carbons (Fsp3) is 0.0256. The number of amides is 2. The summed E-state index contributed by atoms with van der Waals surface area (Å²) < 4.78 is 0. The molecule has 0 spiro atoms. The van der Waals surface area contributed by atoms with Crippen LogP contribution < -0.4 is 9.80 Å². The molecule has 0 radical (unpaired) electrons. The number of anilines is 3. The number of rotatable bonds is 3. The molecule has 2 amide bonds. The van der Waals surface area contributed by atoms with Gasteiger partial charge in [-0.2, -0.15) is 0 Å². The van der Waals surface area contributed by atoms with Crippen molar-refractivity contribution < 1.29 is 9.59 Å². The lowest BCUT2D eigenvalue weighted by Crippen LogP contribution is -2.46. The van der Waals surface area contributed by atoms with Gasteiger partial charge in [-0.25, -0.2) is 4.90 Å². The van der Waals surface area contributed by atoms with Crippen molar-refractivity contribution in [3.8, 4) is 11.1 Å². The molecule has 2 aliphatic heterocycles. The quantitative estimate of drug-likeness (QED) is 0.195. The maximum Gasteiger partial charge on any atom is 0.266 e. The van der Waals surface area contributed by atoms with E-state index in [1.807, 2.05) is 42.5 Å². The number of fused-ring (bicyclic) bond motifs is 6. The van der Waals surface area contributed by atoms with Crippen molar-refractivity contribution >= 4 is 40.6 Å².